The van der Waals surface area contributed by atoms with E-state index >= 15 is 0 Å². The van der Waals surface area contributed by atoms with Crippen LogP contribution in [0, 0.1) is 5.92 Å². The minimum Gasteiger partial charge on any atom is -0.375 e. The minimum atomic E-state index is -0.359. The Morgan fingerprint density at radius 1 is 1.26 bits per heavy atom. The molecular weight excluding hydrogens is 296 g/mol. The van der Waals surface area contributed by atoms with Crippen LogP contribution in [-0.2, 0) is 19.1 Å². The topological polar surface area (TPSA) is 75.7 Å². The highest BCUT2D eigenvalue weighted by molar-refractivity contribution is 6.13. The molecule has 6 nitrogen and oxygen atoms in total. The van der Waals surface area contributed by atoms with Crippen LogP contribution in [0.4, 0.5) is 0 Å². The van der Waals surface area contributed by atoms with E-state index in [-0.39, 0.29) is 36.3 Å². The van der Waals surface area contributed by atoms with Crippen molar-refractivity contribution in [3.8, 4) is 0 Å². The number of carbonyl (C=O) groups excluding carboxylic acids is 3. The molecule has 1 heterocycles. The highest BCUT2D eigenvalue weighted by Crippen LogP contribution is 2.15. The Morgan fingerprint density at radius 3 is 2.43 bits per heavy atom. The molecule has 1 aliphatic heterocycles. The van der Waals surface area contributed by atoms with Gasteiger partial charge in [0.2, 0.25) is 5.91 Å². The lowest BCUT2D eigenvalue weighted by Crippen LogP contribution is -2.36. The van der Waals surface area contributed by atoms with Crippen LogP contribution in [0.15, 0.2) is 12.2 Å². The summed E-state index contributed by atoms with van der Waals surface area (Å²) in [7, 11) is 0. The number of imide groups is 1. The molecular formula is C17H28N2O4. The molecule has 1 N–H and O–H groups in total. The lowest BCUT2D eigenvalue weighted by Gasteiger charge is -2.26. The highest BCUT2D eigenvalue weighted by atomic mass is 16.5. The molecule has 130 valence electrons. The van der Waals surface area contributed by atoms with Gasteiger partial charge in [-0.1, -0.05) is 13.8 Å². The first-order chi connectivity index (χ1) is 10.7. The SMILES string of the molecule is CC(C)CCOC(C)(C)CCNC(=O)CCN1C(=O)C=CC1=O. The van der Waals surface area contributed by atoms with Crippen molar-refractivity contribution in [1.82, 2.24) is 10.2 Å². The fourth-order valence-electron chi connectivity index (χ4n) is 2.10. The van der Waals surface area contributed by atoms with Crippen molar-refractivity contribution in [3.05, 3.63) is 12.2 Å². The first kappa shape index (κ1) is 19.4. The van der Waals surface area contributed by atoms with Gasteiger partial charge >= 0.3 is 0 Å². The molecule has 23 heavy (non-hydrogen) atoms. The van der Waals surface area contributed by atoms with Crippen LogP contribution in [0.5, 0.6) is 0 Å². The second-order valence-electron chi connectivity index (χ2n) is 6.80. The average molecular weight is 324 g/mol. The predicted octanol–water partition coefficient (Wildman–Crippen LogP) is 1.65. The van der Waals surface area contributed by atoms with Crippen molar-refractivity contribution >= 4 is 17.7 Å². The molecule has 0 aromatic heterocycles. The summed E-state index contributed by atoms with van der Waals surface area (Å²) in [6, 6.07) is 0. The maximum Gasteiger partial charge on any atom is 0.253 e. The van der Waals surface area contributed by atoms with E-state index in [4.69, 9.17) is 4.74 Å². The van der Waals surface area contributed by atoms with Crippen molar-refractivity contribution < 1.29 is 19.1 Å². The smallest absolute Gasteiger partial charge is 0.253 e. The van der Waals surface area contributed by atoms with Gasteiger partial charge in [-0.25, -0.2) is 0 Å². The summed E-state index contributed by atoms with van der Waals surface area (Å²) in [5.41, 5.74) is -0.285. The van der Waals surface area contributed by atoms with Crippen LogP contribution in [0.1, 0.15) is 47.0 Å². The first-order valence-electron chi connectivity index (χ1n) is 8.15. The van der Waals surface area contributed by atoms with Crippen molar-refractivity contribution in [2.75, 3.05) is 19.7 Å². The third-order valence-electron chi connectivity index (χ3n) is 3.70. The minimum absolute atomic E-state index is 0.116. The van der Waals surface area contributed by atoms with Crippen LogP contribution in [0.3, 0.4) is 0 Å². The molecule has 0 saturated heterocycles. The van der Waals surface area contributed by atoms with Gasteiger partial charge in [0.25, 0.3) is 11.8 Å². The largest absolute Gasteiger partial charge is 0.375 e. The van der Waals surface area contributed by atoms with Gasteiger partial charge in [0.15, 0.2) is 0 Å². The molecule has 0 unspecified atom stereocenters. The van der Waals surface area contributed by atoms with Gasteiger partial charge in [0.1, 0.15) is 0 Å². The summed E-state index contributed by atoms with van der Waals surface area (Å²) in [6.45, 7) is 9.66. The number of rotatable bonds is 10. The Morgan fingerprint density at radius 2 is 1.87 bits per heavy atom. The van der Waals surface area contributed by atoms with E-state index in [1.807, 2.05) is 13.8 Å². The van der Waals surface area contributed by atoms with Gasteiger partial charge in [-0.2, -0.15) is 0 Å². The van der Waals surface area contributed by atoms with Crippen LogP contribution < -0.4 is 5.32 Å². The number of amides is 3. The summed E-state index contributed by atoms with van der Waals surface area (Å²) >= 11 is 0. The van der Waals surface area contributed by atoms with Gasteiger partial charge in [0.05, 0.1) is 5.60 Å². The van der Waals surface area contributed by atoms with E-state index in [2.05, 4.69) is 19.2 Å². The number of hydrogen-bond donors (Lipinski definition) is 1. The van der Waals surface area contributed by atoms with Crippen molar-refractivity contribution in [3.63, 3.8) is 0 Å². The zero-order chi connectivity index (χ0) is 17.5. The molecule has 0 aliphatic carbocycles. The lowest BCUT2D eigenvalue weighted by molar-refractivity contribution is -0.137. The Labute approximate surface area is 138 Å². The van der Waals surface area contributed by atoms with Crippen LogP contribution in [0.25, 0.3) is 0 Å². The van der Waals surface area contributed by atoms with E-state index in [9.17, 15) is 14.4 Å². The molecule has 6 heteroatoms. The quantitative estimate of drug-likeness (QED) is 0.620. The molecule has 0 saturated carbocycles. The summed E-state index contributed by atoms with van der Waals surface area (Å²) in [6.07, 6.45) is 4.28. The lowest BCUT2D eigenvalue weighted by atomic mass is 10.0. The molecule has 0 aromatic rings. The molecule has 0 atom stereocenters. The maximum absolute atomic E-state index is 11.8. The summed E-state index contributed by atoms with van der Waals surface area (Å²) < 4.78 is 5.83. The van der Waals surface area contributed by atoms with Gasteiger partial charge in [-0.05, 0) is 32.6 Å². The second kappa shape index (κ2) is 8.82. The summed E-state index contributed by atoms with van der Waals surface area (Å²) in [5.74, 6) is -0.281. The molecule has 0 aromatic carbocycles. The Kier molecular flexibility index (Phi) is 7.42. The standard InChI is InChI=1S/C17H28N2O4/c1-13(2)8-12-23-17(3,4)9-10-18-14(20)7-11-19-15(21)5-6-16(19)22/h5-6,13H,7-12H2,1-4H3,(H,18,20). The average Bonchev–Trinajstić information content (AvgIpc) is 2.75. The van der Waals surface area contributed by atoms with E-state index in [1.165, 1.54) is 12.2 Å². The van der Waals surface area contributed by atoms with Crippen molar-refractivity contribution in [2.45, 2.75) is 52.6 Å². The number of hydrogen-bond acceptors (Lipinski definition) is 4. The summed E-state index contributed by atoms with van der Waals surface area (Å²) in [5, 5.41) is 2.80. The molecule has 1 aliphatic rings. The number of carbonyl (C=O) groups is 3. The third kappa shape index (κ3) is 7.41. The van der Waals surface area contributed by atoms with Gasteiger partial charge < -0.3 is 10.1 Å². The maximum atomic E-state index is 11.8. The van der Waals surface area contributed by atoms with Crippen LogP contribution >= 0.6 is 0 Å². The predicted molar refractivity (Wildman–Crippen MR) is 87.6 cm³/mol. The summed E-state index contributed by atoms with van der Waals surface area (Å²) in [4.78, 5) is 35.6. The molecule has 0 radical (unpaired) electrons. The Bertz CT molecular complexity index is 451. The van der Waals surface area contributed by atoms with Crippen molar-refractivity contribution in [1.29, 1.82) is 0 Å². The number of nitrogens with zero attached hydrogens (tertiary/aromatic N) is 1. The zero-order valence-corrected chi connectivity index (χ0v) is 14.6. The van der Waals surface area contributed by atoms with E-state index in [0.29, 0.717) is 25.5 Å². The molecule has 1 rings (SSSR count). The molecule has 0 bridgehead atoms. The zero-order valence-electron chi connectivity index (χ0n) is 14.6. The monoisotopic (exact) mass is 324 g/mol. The third-order valence-corrected chi connectivity index (χ3v) is 3.70. The van der Waals surface area contributed by atoms with E-state index in [0.717, 1.165) is 11.3 Å². The van der Waals surface area contributed by atoms with Gasteiger partial charge in [-0.3, -0.25) is 19.3 Å². The van der Waals surface area contributed by atoms with Gasteiger partial charge in [-0.15, -0.1) is 0 Å². The van der Waals surface area contributed by atoms with Crippen LogP contribution in [-0.4, -0.2) is 47.9 Å². The normalized spacial score (nSPS) is 14.9. The van der Waals surface area contributed by atoms with E-state index in [1.54, 1.807) is 0 Å². The van der Waals surface area contributed by atoms with Crippen molar-refractivity contribution in [2.24, 2.45) is 5.92 Å². The van der Waals surface area contributed by atoms with Crippen LogP contribution in [0.2, 0.25) is 0 Å². The fourth-order valence-corrected chi connectivity index (χ4v) is 2.10. The Balaban J connectivity index is 2.18. The molecule has 0 fully saturated rings. The van der Waals surface area contributed by atoms with E-state index < -0.39 is 0 Å². The second-order valence-corrected chi connectivity index (χ2v) is 6.80. The number of nitrogens with one attached hydrogen (secondary N) is 1. The Hall–Kier alpha value is -1.69. The highest BCUT2D eigenvalue weighted by Gasteiger charge is 2.24. The number of ether oxygens (including phenoxy) is 1. The first-order valence-corrected chi connectivity index (χ1v) is 8.15. The fraction of sp³-hybridized carbons (Fsp3) is 0.706. The van der Waals surface area contributed by atoms with Gasteiger partial charge in [0, 0.05) is 38.3 Å². The molecule has 0 spiro atoms. The molecule has 3 amide bonds.